The van der Waals surface area contributed by atoms with Crippen LogP contribution in [0.1, 0.15) is 18.3 Å². The van der Waals surface area contributed by atoms with Crippen LogP contribution in [-0.4, -0.2) is 65.6 Å². The smallest absolute Gasteiger partial charge is 0.325 e. The number of esters is 1. The summed E-state index contributed by atoms with van der Waals surface area (Å²) in [5, 5.41) is 3.38. The summed E-state index contributed by atoms with van der Waals surface area (Å²) in [7, 11) is 0. The van der Waals surface area contributed by atoms with Crippen molar-refractivity contribution < 1.29 is 18.7 Å². The van der Waals surface area contributed by atoms with Gasteiger partial charge < -0.3 is 19.9 Å². The molecule has 0 atom stereocenters. The second kappa shape index (κ2) is 9.45. The SMILES string of the molecule is CCOC(=O)CNC(=O)N1CCN(c2nc(Cc3ccc(F)cc3)ns2)CC1. The van der Waals surface area contributed by atoms with Gasteiger partial charge in [-0.3, -0.25) is 4.79 Å². The van der Waals surface area contributed by atoms with E-state index >= 15 is 0 Å². The number of piperazine rings is 1. The number of anilines is 1. The highest BCUT2D eigenvalue weighted by atomic mass is 32.1. The normalized spacial score (nSPS) is 14.1. The van der Waals surface area contributed by atoms with Crippen LogP contribution in [-0.2, 0) is 16.0 Å². The zero-order valence-electron chi connectivity index (χ0n) is 15.6. The molecule has 1 aliphatic heterocycles. The summed E-state index contributed by atoms with van der Waals surface area (Å²) in [5.41, 5.74) is 0.953. The van der Waals surface area contributed by atoms with Gasteiger partial charge in [0.25, 0.3) is 0 Å². The lowest BCUT2D eigenvalue weighted by Gasteiger charge is -2.34. The Hall–Kier alpha value is -2.75. The van der Waals surface area contributed by atoms with Crippen LogP contribution in [0.15, 0.2) is 24.3 Å². The first-order valence-electron chi connectivity index (χ1n) is 9.05. The summed E-state index contributed by atoms with van der Waals surface area (Å²) in [6.07, 6.45) is 0.549. The van der Waals surface area contributed by atoms with E-state index in [9.17, 15) is 14.0 Å². The highest BCUT2D eigenvalue weighted by Gasteiger charge is 2.23. The lowest BCUT2D eigenvalue weighted by atomic mass is 10.1. The van der Waals surface area contributed by atoms with Crippen LogP contribution < -0.4 is 10.2 Å². The van der Waals surface area contributed by atoms with E-state index in [0.29, 0.717) is 45.0 Å². The van der Waals surface area contributed by atoms with E-state index < -0.39 is 5.97 Å². The van der Waals surface area contributed by atoms with Crippen LogP contribution in [0.4, 0.5) is 14.3 Å². The first-order valence-corrected chi connectivity index (χ1v) is 9.83. The quantitative estimate of drug-likeness (QED) is 0.733. The van der Waals surface area contributed by atoms with Crippen LogP contribution >= 0.6 is 11.5 Å². The standard InChI is InChI=1S/C18H22FN5O3S/c1-2-27-16(25)12-20-17(26)23-7-9-24(10-8-23)18-21-15(22-28-18)11-13-3-5-14(19)6-4-13/h3-6H,2,7-12H2,1H3,(H,20,26). The lowest BCUT2D eigenvalue weighted by Crippen LogP contribution is -2.52. The molecule has 1 saturated heterocycles. The van der Waals surface area contributed by atoms with E-state index in [4.69, 9.17) is 4.74 Å². The van der Waals surface area contributed by atoms with Gasteiger partial charge in [-0.1, -0.05) is 12.1 Å². The Morgan fingerprint density at radius 3 is 2.61 bits per heavy atom. The van der Waals surface area contributed by atoms with Crippen LogP contribution in [0, 0.1) is 5.82 Å². The van der Waals surface area contributed by atoms with Gasteiger partial charge in [0.15, 0.2) is 0 Å². The maximum Gasteiger partial charge on any atom is 0.325 e. The molecule has 10 heteroatoms. The Balaban J connectivity index is 1.47. The lowest BCUT2D eigenvalue weighted by molar-refractivity contribution is -0.141. The number of carbonyl (C=O) groups is 2. The number of hydrogen-bond acceptors (Lipinski definition) is 7. The van der Waals surface area contributed by atoms with Gasteiger partial charge in [0.1, 0.15) is 18.2 Å². The van der Waals surface area contributed by atoms with Gasteiger partial charge in [-0.05, 0) is 24.6 Å². The second-order valence-corrected chi connectivity index (χ2v) is 6.96. The minimum absolute atomic E-state index is 0.129. The average Bonchev–Trinajstić information content (AvgIpc) is 3.17. The number of nitrogens with one attached hydrogen (secondary N) is 1. The van der Waals surface area contributed by atoms with E-state index in [2.05, 4.69) is 19.6 Å². The Bertz CT molecular complexity index is 806. The Labute approximate surface area is 166 Å². The zero-order chi connectivity index (χ0) is 19.9. The first-order chi connectivity index (χ1) is 13.5. The van der Waals surface area contributed by atoms with Crippen molar-refractivity contribution in [2.24, 2.45) is 0 Å². The predicted octanol–water partition coefficient (Wildman–Crippen LogP) is 1.66. The fraction of sp³-hybridized carbons (Fsp3) is 0.444. The third kappa shape index (κ3) is 5.38. The Morgan fingerprint density at radius 2 is 1.93 bits per heavy atom. The van der Waals surface area contributed by atoms with E-state index in [1.807, 2.05) is 0 Å². The van der Waals surface area contributed by atoms with Crippen molar-refractivity contribution in [3.05, 3.63) is 41.5 Å². The summed E-state index contributed by atoms with van der Waals surface area (Å²) in [6.45, 7) is 4.21. The molecule has 0 radical (unpaired) electrons. The number of urea groups is 1. The molecule has 1 fully saturated rings. The summed E-state index contributed by atoms with van der Waals surface area (Å²) in [5.74, 6) is -0.0157. The molecule has 2 heterocycles. The molecular weight excluding hydrogens is 385 g/mol. The van der Waals surface area contributed by atoms with Gasteiger partial charge in [-0.15, -0.1) is 0 Å². The molecule has 1 aromatic heterocycles. The van der Waals surface area contributed by atoms with Gasteiger partial charge in [0.05, 0.1) is 6.61 Å². The van der Waals surface area contributed by atoms with Crippen molar-refractivity contribution in [2.45, 2.75) is 13.3 Å². The van der Waals surface area contributed by atoms with Crippen molar-refractivity contribution in [3.63, 3.8) is 0 Å². The number of nitrogens with zero attached hydrogens (tertiary/aromatic N) is 4. The minimum atomic E-state index is -0.447. The number of carbonyl (C=O) groups excluding carboxylic acids is 2. The molecule has 2 amide bonds. The predicted molar refractivity (Wildman–Crippen MR) is 103 cm³/mol. The molecule has 28 heavy (non-hydrogen) atoms. The molecule has 150 valence electrons. The number of hydrogen-bond donors (Lipinski definition) is 1. The van der Waals surface area contributed by atoms with E-state index in [0.717, 1.165) is 10.7 Å². The zero-order valence-corrected chi connectivity index (χ0v) is 16.4. The fourth-order valence-corrected chi connectivity index (χ4v) is 3.54. The highest BCUT2D eigenvalue weighted by Crippen LogP contribution is 2.20. The topological polar surface area (TPSA) is 87.7 Å². The average molecular weight is 407 g/mol. The largest absolute Gasteiger partial charge is 0.465 e. The van der Waals surface area contributed by atoms with Gasteiger partial charge in [-0.25, -0.2) is 14.2 Å². The number of halogens is 1. The van der Waals surface area contributed by atoms with Gasteiger partial charge in [-0.2, -0.15) is 4.37 Å². The van der Waals surface area contributed by atoms with Crippen LogP contribution in [0.5, 0.6) is 0 Å². The van der Waals surface area contributed by atoms with E-state index in [-0.39, 0.29) is 18.4 Å². The number of rotatable bonds is 6. The first kappa shape index (κ1) is 20.0. The third-order valence-corrected chi connectivity index (χ3v) is 5.07. The molecule has 8 nitrogen and oxygen atoms in total. The third-order valence-electron chi connectivity index (χ3n) is 4.26. The fourth-order valence-electron chi connectivity index (χ4n) is 2.80. The van der Waals surface area contributed by atoms with Crippen LogP contribution in [0.3, 0.4) is 0 Å². The van der Waals surface area contributed by atoms with Gasteiger partial charge in [0, 0.05) is 44.1 Å². The number of aromatic nitrogens is 2. The van der Waals surface area contributed by atoms with E-state index in [1.54, 1.807) is 24.0 Å². The van der Waals surface area contributed by atoms with Crippen molar-refractivity contribution in [1.82, 2.24) is 19.6 Å². The molecule has 0 aliphatic carbocycles. The van der Waals surface area contributed by atoms with Crippen LogP contribution in [0.25, 0.3) is 0 Å². The monoisotopic (exact) mass is 407 g/mol. The van der Waals surface area contributed by atoms with Crippen molar-refractivity contribution in [3.8, 4) is 0 Å². The summed E-state index contributed by atoms with van der Waals surface area (Å²) < 4.78 is 22.2. The molecular formula is C18H22FN5O3S. The molecule has 2 aromatic rings. The molecule has 1 aliphatic rings. The number of benzene rings is 1. The highest BCUT2D eigenvalue weighted by molar-refractivity contribution is 7.09. The van der Waals surface area contributed by atoms with Crippen molar-refractivity contribution >= 4 is 28.7 Å². The maximum absolute atomic E-state index is 13.0. The Morgan fingerprint density at radius 1 is 1.21 bits per heavy atom. The van der Waals surface area contributed by atoms with Crippen LogP contribution in [0.2, 0.25) is 0 Å². The number of ether oxygens (including phenoxy) is 1. The van der Waals surface area contributed by atoms with E-state index in [1.165, 1.54) is 23.7 Å². The molecule has 0 unspecified atom stereocenters. The second-order valence-electron chi connectivity index (χ2n) is 6.23. The number of amides is 2. The maximum atomic E-state index is 13.0. The van der Waals surface area contributed by atoms with Crippen molar-refractivity contribution in [2.75, 3.05) is 44.2 Å². The summed E-state index contributed by atoms with van der Waals surface area (Å²) in [4.78, 5) is 31.7. The molecule has 0 saturated carbocycles. The molecule has 0 bridgehead atoms. The van der Waals surface area contributed by atoms with Crippen molar-refractivity contribution in [1.29, 1.82) is 0 Å². The van der Waals surface area contributed by atoms with Gasteiger partial charge >= 0.3 is 12.0 Å². The molecule has 0 spiro atoms. The minimum Gasteiger partial charge on any atom is -0.465 e. The Kier molecular flexibility index (Phi) is 6.75. The molecule has 3 rings (SSSR count). The molecule has 1 N–H and O–H groups in total. The van der Waals surface area contributed by atoms with Gasteiger partial charge in [0.2, 0.25) is 5.13 Å². The summed E-state index contributed by atoms with van der Waals surface area (Å²) in [6, 6.07) is 6.03. The molecule has 1 aromatic carbocycles. The summed E-state index contributed by atoms with van der Waals surface area (Å²) >= 11 is 1.32.